The Hall–Kier alpha value is -0.770. The Kier molecular flexibility index (Phi) is 3.83. The van der Waals surface area contributed by atoms with Crippen LogP contribution in [0.1, 0.15) is 65.7 Å². The van der Waals surface area contributed by atoms with Gasteiger partial charge in [-0.2, -0.15) is 0 Å². The smallest absolute Gasteiger partial charge is 0.408 e. The molecule has 0 atom stereocenters. The van der Waals surface area contributed by atoms with Crippen molar-refractivity contribution >= 4 is 6.09 Å². The van der Waals surface area contributed by atoms with Crippen molar-refractivity contribution in [2.24, 2.45) is 11.1 Å². The molecule has 19 heavy (non-hydrogen) atoms. The molecule has 2 aliphatic carbocycles. The normalized spacial score (nSPS) is 24.6. The number of alkyl carbamates (subject to hydrolysis) is 1. The van der Waals surface area contributed by atoms with Crippen LogP contribution in [-0.2, 0) is 4.74 Å². The first-order valence-electron chi connectivity index (χ1n) is 7.54. The molecule has 0 heterocycles. The van der Waals surface area contributed by atoms with E-state index in [0.29, 0.717) is 6.54 Å². The minimum absolute atomic E-state index is 0.123. The van der Waals surface area contributed by atoms with Crippen molar-refractivity contribution in [3.05, 3.63) is 0 Å². The Morgan fingerprint density at radius 1 is 1.16 bits per heavy atom. The first kappa shape index (κ1) is 14.6. The lowest BCUT2D eigenvalue weighted by Crippen LogP contribution is -2.58. The van der Waals surface area contributed by atoms with Crippen LogP contribution in [0.15, 0.2) is 0 Å². The number of rotatable bonds is 3. The average molecular weight is 268 g/mol. The molecule has 1 amide bonds. The molecule has 2 rings (SSSR count). The molecule has 4 nitrogen and oxygen atoms in total. The summed E-state index contributed by atoms with van der Waals surface area (Å²) in [4.78, 5) is 12.1. The van der Waals surface area contributed by atoms with E-state index in [0.717, 1.165) is 25.7 Å². The van der Waals surface area contributed by atoms with E-state index in [9.17, 15) is 4.79 Å². The van der Waals surface area contributed by atoms with Crippen molar-refractivity contribution < 1.29 is 9.53 Å². The molecule has 0 bridgehead atoms. The monoisotopic (exact) mass is 268 g/mol. The van der Waals surface area contributed by atoms with E-state index in [1.807, 2.05) is 20.8 Å². The zero-order valence-electron chi connectivity index (χ0n) is 12.6. The van der Waals surface area contributed by atoms with Gasteiger partial charge in [0.2, 0.25) is 0 Å². The lowest BCUT2D eigenvalue weighted by Gasteiger charge is -2.44. The third-order valence-corrected chi connectivity index (χ3v) is 4.71. The SMILES string of the molecule is CC(C)(C)OC(=O)NC1(C2(CN)CC2)CCCCC1. The highest BCUT2D eigenvalue weighted by Gasteiger charge is 2.59. The van der Waals surface area contributed by atoms with Gasteiger partial charge in [0, 0.05) is 12.0 Å². The van der Waals surface area contributed by atoms with Crippen molar-refractivity contribution in [2.75, 3.05) is 6.54 Å². The Morgan fingerprint density at radius 3 is 2.16 bits per heavy atom. The standard InChI is InChI=1S/C15H28N2O2/c1-13(2,3)19-12(18)17-15(7-5-4-6-8-15)14(11-16)9-10-14/h4-11,16H2,1-3H3,(H,17,18). The summed E-state index contributed by atoms with van der Waals surface area (Å²) < 4.78 is 5.44. The summed E-state index contributed by atoms with van der Waals surface area (Å²) in [6.07, 6.45) is 7.70. The lowest BCUT2D eigenvalue weighted by atomic mass is 9.70. The van der Waals surface area contributed by atoms with Crippen LogP contribution >= 0.6 is 0 Å². The summed E-state index contributed by atoms with van der Waals surface area (Å²) in [5, 5.41) is 3.20. The number of ether oxygens (including phenoxy) is 1. The van der Waals surface area contributed by atoms with Crippen LogP contribution in [0.3, 0.4) is 0 Å². The molecular weight excluding hydrogens is 240 g/mol. The highest BCUT2D eigenvalue weighted by atomic mass is 16.6. The fraction of sp³-hybridized carbons (Fsp3) is 0.933. The van der Waals surface area contributed by atoms with Crippen molar-refractivity contribution in [1.29, 1.82) is 0 Å². The van der Waals surface area contributed by atoms with E-state index in [2.05, 4.69) is 5.32 Å². The van der Waals surface area contributed by atoms with Gasteiger partial charge in [-0.1, -0.05) is 19.3 Å². The van der Waals surface area contributed by atoms with E-state index in [1.54, 1.807) is 0 Å². The predicted octanol–water partition coefficient (Wildman–Crippen LogP) is 2.95. The molecule has 4 heteroatoms. The van der Waals surface area contributed by atoms with E-state index >= 15 is 0 Å². The number of hydrogen-bond donors (Lipinski definition) is 2. The number of nitrogens with one attached hydrogen (secondary N) is 1. The minimum atomic E-state index is -0.445. The molecule has 110 valence electrons. The summed E-state index contributed by atoms with van der Waals surface area (Å²) in [6.45, 7) is 6.37. The first-order valence-corrected chi connectivity index (χ1v) is 7.54. The summed E-state index contributed by atoms with van der Waals surface area (Å²) >= 11 is 0. The largest absolute Gasteiger partial charge is 0.444 e. The van der Waals surface area contributed by atoms with Crippen LogP contribution in [0.4, 0.5) is 4.79 Å². The molecule has 0 unspecified atom stereocenters. The Bertz CT molecular complexity index is 337. The fourth-order valence-corrected chi connectivity index (χ4v) is 3.47. The highest BCUT2D eigenvalue weighted by Crippen LogP contribution is 2.58. The van der Waals surface area contributed by atoms with Gasteiger partial charge in [-0.3, -0.25) is 0 Å². The first-order chi connectivity index (χ1) is 8.83. The number of carbonyl (C=O) groups excluding carboxylic acids is 1. The lowest BCUT2D eigenvalue weighted by molar-refractivity contribution is 0.0328. The van der Waals surface area contributed by atoms with Gasteiger partial charge < -0.3 is 15.8 Å². The maximum absolute atomic E-state index is 12.1. The predicted molar refractivity (Wildman–Crippen MR) is 75.9 cm³/mol. The third-order valence-electron chi connectivity index (χ3n) is 4.71. The number of amides is 1. The molecule has 2 saturated carbocycles. The maximum atomic E-state index is 12.1. The fourth-order valence-electron chi connectivity index (χ4n) is 3.47. The van der Waals surface area contributed by atoms with Crippen LogP contribution in [-0.4, -0.2) is 23.8 Å². The molecule has 0 saturated heterocycles. The zero-order valence-corrected chi connectivity index (χ0v) is 12.6. The van der Waals surface area contributed by atoms with Crippen molar-refractivity contribution in [1.82, 2.24) is 5.32 Å². The molecule has 0 radical (unpaired) electrons. The third kappa shape index (κ3) is 3.04. The Morgan fingerprint density at radius 2 is 1.74 bits per heavy atom. The molecule has 2 aliphatic rings. The van der Waals surface area contributed by atoms with Gasteiger partial charge >= 0.3 is 6.09 Å². The van der Waals surface area contributed by atoms with E-state index in [4.69, 9.17) is 10.5 Å². The molecule has 3 N–H and O–H groups in total. The maximum Gasteiger partial charge on any atom is 0.408 e. The molecule has 0 aromatic carbocycles. The topological polar surface area (TPSA) is 64.3 Å². The zero-order chi connectivity index (χ0) is 14.1. The number of carbonyl (C=O) groups is 1. The molecule has 0 aliphatic heterocycles. The van der Waals surface area contributed by atoms with E-state index < -0.39 is 5.60 Å². The molecular formula is C15H28N2O2. The van der Waals surface area contributed by atoms with Crippen LogP contribution in [0.2, 0.25) is 0 Å². The molecule has 0 aromatic rings. The average Bonchev–Trinajstić information content (AvgIpc) is 3.08. The molecule has 2 fully saturated rings. The van der Waals surface area contributed by atoms with Gasteiger partial charge in [-0.15, -0.1) is 0 Å². The number of nitrogens with two attached hydrogens (primary N) is 1. The summed E-state index contributed by atoms with van der Waals surface area (Å²) in [5.74, 6) is 0. The van der Waals surface area contributed by atoms with Gasteiger partial charge in [-0.25, -0.2) is 4.79 Å². The quantitative estimate of drug-likeness (QED) is 0.827. The van der Waals surface area contributed by atoms with E-state index in [1.165, 1.54) is 19.3 Å². The Labute approximate surface area is 116 Å². The van der Waals surface area contributed by atoms with Gasteiger partial charge in [0.25, 0.3) is 0 Å². The highest BCUT2D eigenvalue weighted by molar-refractivity contribution is 5.69. The molecule has 0 spiro atoms. The van der Waals surface area contributed by atoms with Crippen molar-refractivity contribution in [3.8, 4) is 0 Å². The van der Waals surface area contributed by atoms with Crippen molar-refractivity contribution in [3.63, 3.8) is 0 Å². The minimum Gasteiger partial charge on any atom is -0.444 e. The van der Waals surface area contributed by atoms with Gasteiger partial charge in [0.05, 0.1) is 5.54 Å². The summed E-state index contributed by atoms with van der Waals surface area (Å²) in [5.41, 5.74) is 5.56. The van der Waals surface area contributed by atoms with Gasteiger partial charge in [0.1, 0.15) is 5.60 Å². The molecule has 0 aromatic heterocycles. The van der Waals surface area contributed by atoms with Crippen LogP contribution in [0.5, 0.6) is 0 Å². The summed E-state index contributed by atoms with van der Waals surface area (Å²) in [6, 6.07) is 0. The second kappa shape index (κ2) is 4.97. The second-order valence-electron chi connectivity index (χ2n) is 7.25. The van der Waals surface area contributed by atoms with E-state index in [-0.39, 0.29) is 17.0 Å². The van der Waals surface area contributed by atoms with Crippen molar-refractivity contribution in [2.45, 2.75) is 76.9 Å². The van der Waals surface area contributed by atoms with Crippen LogP contribution in [0.25, 0.3) is 0 Å². The van der Waals surface area contributed by atoms with Crippen LogP contribution in [0, 0.1) is 5.41 Å². The summed E-state index contributed by atoms with van der Waals surface area (Å²) in [7, 11) is 0. The number of hydrogen-bond acceptors (Lipinski definition) is 3. The Balaban J connectivity index is 2.09. The van der Waals surface area contributed by atoms with Gasteiger partial charge in [-0.05, 0) is 46.5 Å². The van der Waals surface area contributed by atoms with Gasteiger partial charge in [0.15, 0.2) is 0 Å². The second-order valence-corrected chi connectivity index (χ2v) is 7.25. The van der Waals surface area contributed by atoms with Crippen LogP contribution < -0.4 is 11.1 Å².